The van der Waals surface area contributed by atoms with Crippen LogP contribution in [0.15, 0.2) is 66.7 Å². The number of fused-ring (bicyclic) bond motifs is 1. The van der Waals surface area contributed by atoms with E-state index in [0.29, 0.717) is 12.3 Å². The van der Waals surface area contributed by atoms with E-state index in [1.165, 1.54) is 39.0 Å². The highest BCUT2D eigenvalue weighted by molar-refractivity contribution is 6.33. The smallest absolute Gasteiger partial charge is 0.0906 e. The number of alkyl halides is 1. The fourth-order valence-corrected chi connectivity index (χ4v) is 5.86. The third kappa shape index (κ3) is 4.85. The minimum Gasteiger partial charge on any atom is -0.303 e. The molecule has 0 aromatic heterocycles. The van der Waals surface area contributed by atoms with Crippen LogP contribution in [0.1, 0.15) is 52.6 Å². The molecule has 3 aromatic rings. The van der Waals surface area contributed by atoms with Gasteiger partial charge >= 0.3 is 0 Å². The third-order valence-corrected chi connectivity index (χ3v) is 7.89. The number of nitrogens with zero attached hydrogens (tertiary/aromatic N) is 1. The molecular formula is C31H33ClFN. The summed E-state index contributed by atoms with van der Waals surface area (Å²) in [5, 5.41) is 0.869. The van der Waals surface area contributed by atoms with Crippen LogP contribution in [-0.4, -0.2) is 31.2 Å². The van der Waals surface area contributed by atoms with E-state index in [4.69, 9.17) is 11.6 Å². The van der Waals surface area contributed by atoms with Crippen LogP contribution in [0.3, 0.4) is 0 Å². The van der Waals surface area contributed by atoms with E-state index >= 15 is 0 Å². The first-order valence-electron chi connectivity index (χ1n) is 12.6. The van der Waals surface area contributed by atoms with Gasteiger partial charge in [-0.15, -0.1) is 0 Å². The van der Waals surface area contributed by atoms with Crippen LogP contribution in [0, 0.1) is 12.8 Å². The number of halogens is 2. The summed E-state index contributed by atoms with van der Waals surface area (Å²) in [5.41, 5.74) is 10.4. The molecule has 1 heterocycles. The lowest BCUT2D eigenvalue weighted by Gasteiger charge is -2.39. The van der Waals surface area contributed by atoms with Crippen LogP contribution in [0.25, 0.3) is 11.1 Å². The van der Waals surface area contributed by atoms with Gasteiger partial charge in [0.25, 0.3) is 0 Å². The lowest BCUT2D eigenvalue weighted by atomic mass is 9.86. The van der Waals surface area contributed by atoms with Crippen molar-refractivity contribution in [2.24, 2.45) is 5.92 Å². The molecule has 1 saturated heterocycles. The highest BCUT2D eigenvalue weighted by Crippen LogP contribution is 2.42. The Bertz CT molecular complexity index is 1170. The van der Waals surface area contributed by atoms with Crippen molar-refractivity contribution < 1.29 is 4.39 Å². The van der Waals surface area contributed by atoms with Gasteiger partial charge in [0, 0.05) is 19.6 Å². The maximum atomic E-state index is 12.4. The molecule has 0 unspecified atom stereocenters. The lowest BCUT2D eigenvalue weighted by molar-refractivity contribution is 0.0968. The lowest BCUT2D eigenvalue weighted by Crippen LogP contribution is -2.47. The maximum absolute atomic E-state index is 12.4. The molecule has 5 rings (SSSR count). The molecule has 3 heteroatoms. The van der Waals surface area contributed by atoms with Crippen molar-refractivity contribution in [3.8, 4) is 0 Å². The molecule has 34 heavy (non-hydrogen) atoms. The standard InChI is InChI=1S/C31H33ClFN/c1-22-7-4-12-29(31(22)32)28-11-5-9-25-8-2-3-10-27(25)30(28)26-15-13-23(14-16-26)19-24-20-34(21-24)18-6-17-33/h2-4,7-8,10,12-16,24H,5-6,9,11,17-21H2,1H3. The van der Waals surface area contributed by atoms with E-state index in [1.54, 1.807) is 0 Å². The predicted molar refractivity (Wildman–Crippen MR) is 142 cm³/mol. The van der Waals surface area contributed by atoms with Gasteiger partial charge < -0.3 is 4.90 Å². The summed E-state index contributed by atoms with van der Waals surface area (Å²) >= 11 is 6.85. The molecule has 0 amide bonds. The molecule has 1 fully saturated rings. The molecule has 0 saturated carbocycles. The van der Waals surface area contributed by atoms with Crippen molar-refractivity contribution in [2.75, 3.05) is 26.3 Å². The quantitative estimate of drug-likeness (QED) is 0.338. The van der Waals surface area contributed by atoms with Gasteiger partial charge in [0.2, 0.25) is 0 Å². The highest BCUT2D eigenvalue weighted by atomic mass is 35.5. The summed E-state index contributed by atoms with van der Waals surface area (Å²) in [6.45, 7) is 4.96. The van der Waals surface area contributed by atoms with Crippen LogP contribution in [-0.2, 0) is 12.8 Å². The fourth-order valence-electron chi connectivity index (χ4n) is 5.62. The van der Waals surface area contributed by atoms with E-state index in [2.05, 4.69) is 78.6 Å². The molecule has 0 radical (unpaired) electrons. The van der Waals surface area contributed by atoms with Crippen LogP contribution >= 0.6 is 11.6 Å². The van der Waals surface area contributed by atoms with Gasteiger partial charge in [-0.25, -0.2) is 0 Å². The Morgan fingerprint density at radius 2 is 1.68 bits per heavy atom. The minimum atomic E-state index is -0.211. The van der Waals surface area contributed by atoms with Gasteiger partial charge in [0.1, 0.15) is 0 Å². The molecule has 0 N–H and O–H groups in total. The number of benzene rings is 3. The second-order valence-corrected chi connectivity index (χ2v) is 10.2. The molecule has 176 valence electrons. The summed E-state index contributed by atoms with van der Waals surface area (Å²) < 4.78 is 12.4. The zero-order valence-electron chi connectivity index (χ0n) is 20.0. The summed E-state index contributed by atoms with van der Waals surface area (Å²) in [5.74, 6) is 0.685. The van der Waals surface area contributed by atoms with Crippen molar-refractivity contribution >= 4 is 22.7 Å². The van der Waals surface area contributed by atoms with Crippen molar-refractivity contribution in [2.45, 2.75) is 39.0 Å². The largest absolute Gasteiger partial charge is 0.303 e. The Balaban J connectivity index is 1.47. The molecule has 3 aromatic carbocycles. The zero-order chi connectivity index (χ0) is 23.5. The van der Waals surface area contributed by atoms with Gasteiger partial charge in [-0.1, -0.05) is 78.3 Å². The second kappa shape index (κ2) is 10.5. The first kappa shape index (κ1) is 23.3. The molecule has 2 aliphatic rings. The Labute approximate surface area is 208 Å². The molecule has 0 bridgehead atoms. The average Bonchev–Trinajstić information content (AvgIpc) is 3.02. The number of hydrogen-bond donors (Lipinski definition) is 0. The molecule has 1 aliphatic heterocycles. The molecular weight excluding hydrogens is 441 g/mol. The third-order valence-electron chi connectivity index (χ3n) is 7.39. The van der Waals surface area contributed by atoms with Crippen molar-refractivity contribution in [1.29, 1.82) is 0 Å². The van der Waals surface area contributed by atoms with E-state index < -0.39 is 0 Å². The first-order chi connectivity index (χ1) is 16.6. The molecule has 1 nitrogen and oxygen atoms in total. The Kier molecular flexibility index (Phi) is 7.18. The summed E-state index contributed by atoms with van der Waals surface area (Å²) in [4.78, 5) is 2.36. The number of likely N-dealkylation sites (tertiary alicyclic amines) is 1. The normalized spacial score (nSPS) is 16.8. The first-order valence-corrected chi connectivity index (χ1v) is 13.0. The van der Waals surface area contributed by atoms with Crippen LogP contribution in [0.5, 0.6) is 0 Å². The summed E-state index contributed by atoms with van der Waals surface area (Å²) in [7, 11) is 0. The number of aryl methyl sites for hydroxylation is 2. The second-order valence-electron chi connectivity index (χ2n) is 9.87. The van der Waals surface area contributed by atoms with Crippen molar-refractivity contribution in [3.05, 3.63) is 105 Å². The van der Waals surface area contributed by atoms with Gasteiger partial charge in [0.05, 0.1) is 11.7 Å². The van der Waals surface area contributed by atoms with Crippen LogP contribution in [0.2, 0.25) is 5.02 Å². The number of hydrogen-bond acceptors (Lipinski definition) is 1. The summed E-state index contributed by atoms with van der Waals surface area (Å²) in [6.07, 6.45) is 4.99. The monoisotopic (exact) mass is 473 g/mol. The number of allylic oxidation sites excluding steroid dienone is 1. The Morgan fingerprint density at radius 3 is 2.47 bits per heavy atom. The zero-order valence-corrected chi connectivity index (χ0v) is 20.8. The predicted octanol–water partition coefficient (Wildman–Crippen LogP) is 7.78. The van der Waals surface area contributed by atoms with Crippen LogP contribution < -0.4 is 0 Å². The van der Waals surface area contributed by atoms with Gasteiger partial charge in [-0.05, 0) is 89.5 Å². The minimum absolute atomic E-state index is 0.211. The topological polar surface area (TPSA) is 3.24 Å². The van der Waals surface area contributed by atoms with Crippen LogP contribution in [0.4, 0.5) is 4.39 Å². The van der Waals surface area contributed by atoms with E-state index in [9.17, 15) is 4.39 Å². The summed E-state index contributed by atoms with van der Waals surface area (Å²) in [6, 6.07) is 24.4. The van der Waals surface area contributed by atoms with Crippen molar-refractivity contribution in [3.63, 3.8) is 0 Å². The molecule has 0 spiro atoms. The Hall–Kier alpha value is -2.42. The van der Waals surface area contributed by atoms with Crippen molar-refractivity contribution in [1.82, 2.24) is 4.90 Å². The number of rotatable bonds is 7. The molecule has 1 aliphatic carbocycles. The highest BCUT2D eigenvalue weighted by Gasteiger charge is 2.26. The van der Waals surface area contributed by atoms with Gasteiger partial charge in [0.15, 0.2) is 0 Å². The van der Waals surface area contributed by atoms with E-state index in [0.717, 1.165) is 55.9 Å². The Morgan fingerprint density at radius 1 is 0.912 bits per heavy atom. The fraction of sp³-hybridized carbons (Fsp3) is 0.355. The average molecular weight is 474 g/mol. The van der Waals surface area contributed by atoms with Gasteiger partial charge in [-0.2, -0.15) is 0 Å². The molecule has 0 atom stereocenters. The van der Waals surface area contributed by atoms with Gasteiger partial charge in [-0.3, -0.25) is 4.39 Å². The SMILES string of the molecule is Cc1cccc(C2=C(c3ccc(CC4CN(CCCF)C4)cc3)c3ccccc3CCC2)c1Cl. The maximum Gasteiger partial charge on any atom is 0.0906 e. The van der Waals surface area contributed by atoms with E-state index in [-0.39, 0.29) is 6.67 Å². The van der Waals surface area contributed by atoms with E-state index in [1.807, 2.05) is 0 Å².